The number of aromatic nitrogens is 2. The lowest BCUT2D eigenvalue weighted by molar-refractivity contribution is -0.118. The van der Waals surface area contributed by atoms with E-state index in [1.165, 1.54) is 6.20 Å². The van der Waals surface area contributed by atoms with Crippen LogP contribution in [0.3, 0.4) is 0 Å². The van der Waals surface area contributed by atoms with Crippen LogP contribution < -0.4 is 5.32 Å². The maximum atomic E-state index is 12.6. The van der Waals surface area contributed by atoms with Gasteiger partial charge in [-0.05, 0) is 11.5 Å². The smallest absolute Gasteiger partial charge is 0.233 e. The van der Waals surface area contributed by atoms with Crippen LogP contribution in [0, 0.1) is 17.2 Å². The van der Waals surface area contributed by atoms with Crippen molar-refractivity contribution in [3.63, 3.8) is 0 Å². The molecule has 2 N–H and O–H groups in total. The van der Waals surface area contributed by atoms with Crippen LogP contribution >= 0.6 is 0 Å². The molecule has 0 fully saturated rings. The minimum atomic E-state index is -0.258. The largest absolute Gasteiger partial charge is 0.309 e. The molecule has 0 bridgehead atoms. The first-order chi connectivity index (χ1) is 10.2. The van der Waals surface area contributed by atoms with Crippen molar-refractivity contribution in [3.05, 3.63) is 47.7 Å². The molecule has 0 aliphatic heterocycles. The summed E-state index contributed by atoms with van der Waals surface area (Å²) in [5.74, 6) is 0.162. The van der Waals surface area contributed by atoms with Gasteiger partial charge < -0.3 is 5.32 Å². The molecular formula is C16H18N4O. The highest BCUT2D eigenvalue weighted by molar-refractivity contribution is 5.96. The highest BCUT2D eigenvalue weighted by atomic mass is 16.2. The van der Waals surface area contributed by atoms with Gasteiger partial charge >= 0.3 is 0 Å². The Labute approximate surface area is 124 Å². The molecule has 2 unspecified atom stereocenters. The van der Waals surface area contributed by atoms with Crippen LogP contribution in [0.4, 0.5) is 5.82 Å². The summed E-state index contributed by atoms with van der Waals surface area (Å²) in [6, 6.07) is 11.7. The summed E-state index contributed by atoms with van der Waals surface area (Å²) in [5, 5.41) is 18.2. The van der Waals surface area contributed by atoms with E-state index in [2.05, 4.69) is 29.4 Å². The van der Waals surface area contributed by atoms with Gasteiger partial charge in [-0.1, -0.05) is 50.6 Å². The van der Waals surface area contributed by atoms with Crippen molar-refractivity contribution in [1.29, 1.82) is 5.26 Å². The molecule has 2 rings (SSSR count). The van der Waals surface area contributed by atoms with Crippen molar-refractivity contribution in [2.45, 2.75) is 26.2 Å². The van der Waals surface area contributed by atoms with Crippen LogP contribution in [-0.2, 0) is 4.79 Å². The van der Waals surface area contributed by atoms with E-state index in [4.69, 9.17) is 5.26 Å². The summed E-state index contributed by atoms with van der Waals surface area (Å²) in [7, 11) is 0. The van der Waals surface area contributed by atoms with Gasteiger partial charge in [-0.15, -0.1) is 0 Å². The lowest BCUT2D eigenvalue weighted by atomic mass is 9.85. The molecule has 5 heteroatoms. The number of anilines is 1. The zero-order valence-corrected chi connectivity index (χ0v) is 12.1. The Bertz CT molecular complexity index is 642. The average Bonchev–Trinajstić information content (AvgIpc) is 2.95. The molecule has 108 valence electrons. The molecule has 21 heavy (non-hydrogen) atoms. The Hall–Kier alpha value is -2.61. The van der Waals surface area contributed by atoms with E-state index in [9.17, 15) is 4.79 Å². The van der Waals surface area contributed by atoms with Crippen LogP contribution in [0.2, 0.25) is 0 Å². The second kappa shape index (κ2) is 6.71. The van der Waals surface area contributed by atoms with Crippen LogP contribution in [-0.4, -0.2) is 16.1 Å². The van der Waals surface area contributed by atoms with E-state index < -0.39 is 0 Å². The van der Waals surface area contributed by atoms with E-state index in [1.54, 1.807) is 0 Å². The Morgan fingerprint density at radius 3 is 2.76 bits per heavy atom. The monoisotopic (exact) mass is 282 g/mol. The van der Waals surface area contributed by atoms with Gasteiger partial charge in [0, 0.05) is 0 Å². The van der Waals surface area contributed by atoms with Crippen molar-refractivity contribution in [2.24, 2.45) is 5.92 Å². The van der Waals surface area contributed by atoms with Crippen molar-refractivity contribution < 1.29 is 4.79 Å². The van der Waals surface area contributed by atoms with Crippen molar-refractivity contribution >= 4 is 11.7 Å². The number of nitrogens with one attached hydrogen (secondary N) is 2. The zero-order chi connectivity index (χ0) is 15.2. The second-order valence-electron chi connectivity index (χ2n) is 5.03. The number of hydrogen-bond donors (Lipinski definition) is 2. The number of nitrogens with zero attached hydrogens (tertiary/aromatic N) is 2. The number of amides is 1. The zero-order valence-electron chi connectivity index (χ0n) is 12.1. The van der Waals surface area contributed by atoms with Gasteiger partial charge in [0.15, 0.2) is 0 Å². The summed E-state index contributed by atoms with van der Waals surface area (Å²) < 4.78 is 0. The predicted octanol–water partition coefficient (Wildman–Crippen LogP) is 3.05. The standard InChI is InChI=1S/C16H18N4O/c1-3-11(2)14(12-7-5-4-6-8-12)16(21)19-15-13(9-17)10-18-20-15/h4-8,10-11,14H,3H2,1-2H3,(H2,18,19,20,21). The highest BCUT2D eigenvalue weighted by Crippen LogP contribution is 2.28. The number of carbonyl (C=O) groups is 1. The molecule has 1 aromatic carbocycles. The highest BCUT2D eigenvalue weighted by Gasteiger charge is 2.26. The summed E-state index contributed by atoms with van der Waals surface area (Å²) in [4.78, 5) is 12.6. The Balaban J connectivity index is 2.26. The third kappa shape index (κ3) is 3.29. The van der Waals surface area contributed by atoms with Gasteiger partial charge in [0.2, 0.25) is 5.91 Å². The van der Waals surface area contributed by atoms with Crippen molar-refractivity contribution in [2.75, 3.05) is 5.32 Å². The van der Waals surface area contributed by atoms with Crippen LogP contribution in [0.1, 0.15) is 37.3 Å². The molecular weight excluding hydrogens is 264 g/mol. The minimum Gasteiger partial charge on any atom is -0.309 e. The Morgan fingerprint density at radius 1 is 1.43 bits per heavy atom. The van der Waals surface area contributed by atoms with Crippen LogP contribution in [0.5, 0.6) is 0 Å². The lowest BCUT2D eigenvalue weighted by Crippen LogP contribution is -2.26. The van der Waals surface area contributed by atoms with Crippen molar-refractivity contribution in [1.82, 2.24) is 10.2 Å². The summed E-state index contributed by atoms with van der Waals surface area (Å²) in [6.45, 7) is 4.11. The van der Waals surface area contributed by atoms with E-state index in [0.29, 0.717) is 11.4 Å². The second-order valence-corrected chi connectivity index (χ2v) is 5.03. The first kappa shape index (κ1) is 14.8. The van der Waals surface area contributed by atoms with E-state index >= 15 is 0 Å². The number of hydrogen-bond acceptors (Lipinski definition) is 3. The lowest BCUT2D eigenvalue weighted by Gasteiger charge is -2.22. The summed E-state index contributed by atoms with van der Waals surface area (Å²) >= 11 is 0. The third-order valence-corrected chi connectivity index (χ3v) is 3.66. The van der Waals surface area contributed by atoms with Gasteiger partial charge in [-0.25, -0.2) is 0 Å². The number of H-pyrrole nitrogens is 1. The molecule has 1 aromatic heterocycles. The fourth-order valence-corrected chi connectivity index (χ4v) is 2.30. The van der Waals surface area contributed by atoms with Gasteiger partial charge in [0.05, 0.1) is 12.1 Å². The SMILES string of the molecule is CCC(C)C(C(=O)Nc1[nH]ncc1C#N)c1ccccc1. The number of carbonyl (C=O) groups excluding carboxylic acids is 1. The van der Waals surface area contributed by atoms with E-state index in [0.717, 1.165) is 12.0 Å². The van der Waals surface area contributed by atoms with Gasteiger partial charge in [0.25, 0.3) is 0 Å². The average molecular weight is 282 g/mol. The normalized spacial score (nSPS) is 13.2. The Kier molecular flexibility index (Phi) is 4.72. The van der Waals surface area contributed by atoms with Gasteiger partial charge in [-0.3, -0.25) is 9.89 Å². The molecule has 0 spiro atoms. The Morgan fingerprint density at radius 2 is 2.14 bits per heavy atom. The van der Waals surface area contributed by atoms with E-state index in [-0.39, 0.29) is 17.7 Å². The molecule has 0 radical (unpaired) electrons. The maximum Gasteiger partial charge on any atom is 0.233 e. The number of rotatable bonds is 5. The number of nitriles is 1. The molecule has 2 atom stereocenters. The number of aromatic amines is 1. The molecule has 5 nitrogen and oxygen atoms in total. The fourth-order valence-electron chi connectivity index (χ4n) is 2.30. The third-order valence-electron chi connectivity index (χ3n) is 3.66. The summed E-state index contributed by atoms with van der Waals surface area (Å²) in [6.07, 6.45) is 2.29. The fraction of sp³-hybridized carbons (Fsp3) is 0.312. The number of benzene rings is 1. The summed E-state index contributed by atoms with van der Waals surface area (Å²) in [5.41, 5.74) is 1.31. The molecule has 1 amide bonds. The maximum absolute atomic E-state index is 12.6. The van der Waals surface area contributed by atoms with Gasteiger partial charge in [0.1, 0.15) is 17.5 Å². The topological polar surface area (TPSA) is 81.6 Å². The molecule has 0 saturated heterocycles. The minimum absolute atomic E-state index is 0.128. The molecule has 0 saturated carbocycles. The van der Waals surface area contributed by atoms with E-state index in [1.807, 2.05) is 36.4 Å². The molecule has 2 aromatic rings. The predicted molar refractivity (Wildman–Crippen MR) is 80.6 cm³/mol. The first-order valence-electron chi connectivity index (χ1n) is 6.96. The first-order valence-corrected chi connectivity index (χ1v) is 6.96. The molecule has 1 heterocycles. The molecule has 0 aliphatic carbocycles. The van der Waals surface area contributed by atoms with Gasteiger partial charge in [-0.2, -0.15) is 10.4 Å². The van der Waals surface area contributed by atoms with Crippen molar-refractivity contribution in [3.8, 4) is 6.07 Å². The quantitative estimate of drug-likeness (QED) is 0.884. The molecule has 0 aliphatic rings. The van der Waals surface area contributed by atoms with Crippen LogP contribution in [0.15, 0.2) is 36.5 Å². The van der Waals surface area contributed by atoms with Crippen LogP contribution in [0.25, 0.3) is 0 Å².